The van der Waals surface area contributed by atoms with Crippen LogP contribution in [0.15, 0.2) is 18.5 Å². The maximum atomic E-state index is 13.5. The first kappa shape index (κ1) is 15.4. The molecule has 0 unspecified atom stereocenters. The molecule has 1 heterocycles. The molecule has 2 N–H and O–H groups in total. The van der Waals surface area contributed by atoms with Crippen molar-refractivity contribution >= 4 is 5.97 Å². The lowest BCUT2D eigenvalue weighted by atomic mass is 9.85. The van der Waals surface area contributed by atoms with Gasteiger partial charge in [-0.25, -0.2) is 4.39 Å². The largest absolute Gasteiger partial charge is 0.480 e. The second kappa shape index (κ2) is 6.71. The van der Waals surface area contributed by atoms with E-state index in [4.69, 9.17) is 5.11 Å². The Hall–Kier alpha value is -1.53. The van der Waals surface area contributed by atoms with Crippen molar-refractivity contribution in [3.63, 3.8) is 0 Å². The maximum absolute atomic E-state index is 13.5. The van der Waals surface area contributed by atoms with Gasteiger partial charge in [0, 0.05) is 36.9 Å². The Bertz CT molecular complexity index is 530. The summed E-state index contributed by atoms with van der Waals surface area (Å²) < 4.78 is 13.5. The van der Waals surface area contributed by atoms with Crippen molar-refractivity contribution in [2.24, 2.45) is 5.92 Å². The number of nitrogens with one attached hydrogen (secondary N) is 1. The van der Waals surface area contributed by atoms with Gasteiger partial charge in [0.05, 0.1) is 12.7 Å². The van der Waals surface area contributed by atoms with E-state index in [9.17, 15) is 9.18 Å². The fourth-order valence-corrected chi connectivity index (χ4v) is 3.00. The van der Waals surface area contributed by atoms with Gasteiger partial charge in [-0.05, 0) is 37.7 Å². The van der Waals surface area contributed by atoms with Crippen LogP contribution in [-0.2, 0) is 11.3 Å². The molecule has 3 rings (SSSR count). The summed E-state index contributed by atoms with van der Waals surface area (Å²) >= 11 is 0. The molecular weight excluding hydrogens is 285 g/mol. The van der Waals surface area contributed by atoms with E-state index >= 15 is 0 Å². The SMILES string of the molecule is O=C(O)CN(CC1CC1)C1CC(NCc2ccncc2F)C1. The van der Waals surface area contributed by atoms with E-state index < -0.39 is 5.97 Å². The van der Waals surface area contributed by atoms with Crippen LogP contribution in [0.25, 0.3) is 0 Å². The zero-order valence-corrected chi connectivity index (χ0v) is 12.5. The van der Waals surface area contributed by atoms with Crippen molar-refractivity contribution in [2.45, 2.75) is 44.3 Å². The molecule has 0 saturated heterocycles. The van der Waals surface area contributed by atoms with E-state index in [1.807, 2.05) is 0 Å². The van der Waals surface area contributed by atoms with Crippen molar-refractivity contribution in [2.75, 3.05) is 13.1 Å². The topological polar surface area (TPSA) is 65.5 Å². The van der Waals surface area contributed by atoms with Crippen LogP contribution < -0.4 is 5.32 Å². The average Bonchev–Trinajstić information content (AvgIpc) is 3.22. The standard InChI is InChI=1S/C16H22FN3O2/c17-15-8-18-4-3-12(15)7-19-13-5-14(6-13)20(10-16(21)22)9-11-1-2-11/h3-4,8,11,13-14,19H,1-2,5-7,9-10H2,(H,21,22). The van der Waals surface area contributed by atoms with E-state index in [2.05, 4.69) is 15.2 Å². The number of carbonyl (C=O) groups is 1. The van der Waals surface area contributed by atoms with Gasteiger partial charge in [0.2, 0.25) is 0 Å². The molecule has 1 aromatic rings. The predicted octanol–water partition coefficient (Wildman–Crippen LogP) is 1.64. The van der Waals surface area contributed by atoms with Crippen molar-refractivity contribution < 1.29 is 14.3 Å². The highest BCUT2D eigenvalue weighted by molar-refractivity contribution is 5.69. The molecule has 0 spiro atoms. The number of pyridine rings is 1. The molecule has 0 atom stereocenters. The highest BCUT2D eigenvalue weighted by Gasteiger charge is 2.36. The van der Waals surface area contributed by atoms with Crippen LogP contribution in [0, 0.1) is 11.7 Å². The summed E-state index contributed by atoms with van der Waals surface area (Å²) in [5, 5.41) is 12.4. The number of hydrogen-bond donors (Lipinski definition) is 2. The number of aliphatic carboxylic acids is 1. The number of carboxylic acid groups (broad SMARTS) is 1. The molecule has 22 heavy (non-hydrogen) atoms. The molecular formula is C16H22FN3O2. The van der Waals surface area contributed by atoms with Gasteiger partial charge >= 0.3 is 5.97 Å². The summed E-state index contributed by atoms with van der Waals surface area (Å²) in [7, 11) is 0. The number of carboxylic acids is 1. The average molecular weight is 307 g/mol. The molecule has 2 fully saturated rings. The second-order valence-electron chi connectivity index (χ2n) is 6.44. The molecule has 0 aromatic carbocycles. The molecule has 0 bridgehead atoms. The molecule has 1 aromatic heterocycles. The summed E-state index contributed by atoms with van der Waals surface area (Å²) in [6.07, 6.45) is 7.15. The monoisotopic (exact) mass is 307 g/mol. The van der Waals surface area contributed by atoms with Gasteiger partial charge in [-0.15, -0.1) is 0 Å². The Morgan fingerprint density at radius 2 is 2.23 bits per heavy atom. The molecule has 120 valence electrons. The third-order valence-corrected chi connectivity index (χ3v) is 4.60. The van der Waals surface area contributed by atoms with Crippen molar-refractivity contribution in [3.8, 4) is 0 Å². The number of nitrogens with zero attached hydrogens (tertiary/aromatic N) is 2. The Labute approximate surface area is 129 Å². The van der Waals surface area contributed by atoms with Gasteiger partial charge in [0.25, 0.3) is 0 Å². The number of halogens is 1. The van der Waals surface area contributed by atoms with E-state index in [-0.39, 0.29) is 12.4 Å². The van der Waals surface area contributed by atoms with E-state index in [1.54, 1.807) is 12.3 Å². The minimum Gasteiger partial charge on any atom is -0.480 e. The van der Waals surface area contributed by atoms with Gasteiger partial charge in [-0.2, -0.15) is 0 Å². The molecule has 2 aliphatic rings. The summed E-state index contributed by atoms with van der Waals surface area (Å²) in [4.78, 5) is 16.8. The molecule has 0 radical (unpaired) electrons. The highest BCUT2D eigenvalue weighted by Crippen LogP contribution is 2.33. The Morgan fingerprint density at radius 1 is 1.45 bits per heavy atom. The van der Waals surface area contributed by atoms with Crippen molar-refractivity contribution in [3.05, 3.63) is 29.8 Å². The summed E-state index contributed by atoms with van der Waals surface area (Å²) in [5.41, 5.74) is 0.624. The van der Waals surface area contributed by atoms with Crippen molar-refractivity contribution in [1.82, 2.24) is 15.2 Å². The first-order chi connectivity index (χ1) is 10.6. The lowest BCUT2D eigenvalue weighted by Gasteiger charge is -2.43. The van der Waals surface area contributed by atoms with Crippen molar-refractivity contribution in [1.29, 1.82) is 0 Å². The van der Waals surface area contributed by atoms with E-state index in [0.29, 0.717) is 30.1 Å². The van der Waals surface area contributed by atoms with Crippen LogP contribution in [0.5, 0.6) is 0 Å². The lowest BCUT2D eigenvalue weighted by Crippen LogP contribution is -2.54. The molecule has 2 saturated carbocycles. The highest BCUT2D eigenvalue weighted by atomic mass is 19.1. The summed E-state index contributed by atoms with van der Waals surface area (Å²) in [5.74, 6) is -0.347. The Balaban J connectivity index is 1.44. The second-order valence-corrected chi connectivity index (χ2v) is 6.44. The Morgan fingerprint density at radius 3 is 2.86 bits per heavy atom. The summed E-state index contributed by atoms with van der Waals surface area (Å²) in [6.45, 7) is 1.53. The van der Waals surface area contributed by atoms with Crippen LogP contribution in [0.4, 0.5) is 4.39 Å². The third kappa shape index (κ3) is 4.01. The van der Waals surface area contributed by atoms with Gasteiger partial charge < -0.3 is 10.4 Å². The number of hydrogen-bond acceptors (Lipinski definition) is 4. The Kier molecular flexibility index (Phi) is 4.69. The fourth-order valence-electron chi connectivity index (χ4n) is 3.00. The van der Waals surface area contributed by atoms with Gasteiger partial charge in [0.1, 0.15) is 5.82 Å². The minimum absolute atomic E-state index is 0.132. The third-order valence-electron chi connectivity index (χ3n) is 4.60. The molecule has 2 aliphatic carbocycles. The normalized spacial score (nSPS) is 24.3. The van der Waals surface area contributed by atoms with Gasteiger partial charge in [0.15, 0.2) is 0 Å². The van der Waals surface area contributed by atoms with Crippen LogP contribution in [0.3, 0.4) is 0 Å². The smallest absolute Gasteiger partial charge is 0.317 e. The molecule has 5 nitrogen and oxygen atoms in total. The first-order valence-electron chi connectivity index (χ1n) is 7.89. The zero-order chi connectivity index (χ0) is 15.5. The quantitative estimate of drug-likeness (QED) is 0.764. The minimum atomic E-state index is -0.754. The van der Waals surface area contributed by atoms with Crippen LogP contribution in [0.2, 0.25) is 0 Å². The van der Waals surface area contributed by atoms with Gasteiger partial charge in [-0.1, -0.05) is 0 Å². The molecule has 6 heteroatoms. The predicted molar refractivity (Wildman–Crippen MR) is 79.8 cm³/mol. The van der Waals surface area contributed by atoms with E-state index in [1.165, 1.54) is 19.0 Å². The lowest BCUT2D eigenvalue weighted by molar-refractivity contribution is -0.139. The molecule has 0 aliphatic heterocycles. The number of rotatable bonds is 8. The van der Waals surface area contributed by atoms with Gasteiger partial charge in [-0.3, -0.25) is 14.7 Å². The van der Waals surface area contributed by atoms with Crippen LogP contribution in [0.1, 0.15) is 31.2 Å². The van der Waals surface area contributed by atoms with Crippen LogP contribution >= 0.6 is 0 Å². The number of aromatic nitrogens is 1. The fraction of sp³-hybridized carbons (Fsp3) is 0.625. The maximum Gasteiger partial charge on any atom is 0.317 e. The van der Waals surface area contributed by atoms with Crippen LogP contribution in [-0.4, -0.2) is 46.1 Å². The summed E-state index contributed by atoms with van der Waals surface area (Å²) in [6, 6.07) is 2.37. The molecule has 0 amide bonds. The first-order valence-corrected chi connectivity index (χ1v) is 7.89. The van der Waals surface area contributed by atoms with E-state index in [0.717, 1.165) is 19.4 Å². The zero-order valence-electron chi connectivity index (χ0n) is 12.5.